The van der Waals surface area contributed by atoms with Gasteiger partial charge < -0.3 is 15.2 Å². The molecule has 5 nitrogen and oxygen atoms in total. The van der Waals surface area contributed by atoms with E-state index in [2.05, 4.69) is 24.1 Å². The van der Waals surface area contributed by atoms with Crippen LogP contribution >= 0.6 is 0 Å². The molecule has 0 saturated carbocycles. The number of nitrogens with zero attached hydrogens (tertiary/aromatic N) is 1. The molecule has 0 bridgehead atoms. The lowest BCUT2D eigenvalue weighted by atomic mass is 10.1. The molecule has 0 radical (unpaired) electrons. The number of ether oxygens (including phenoxy) is 1. The van der Waals surface area contributed by atoms with Crippen LogP contribution in [0.1, 0.15) is 40.5 Å². The first-order valence-electron chi connectivity index (χ1n) is 7.17. The molecule has 0 aromatic carbocycles. The smallest absolute Gasteiger partial charge is 0.322 e. The van der Waals surface area contributed by atoms with E-state index >= 15 is 0 Å². The summed E-state index contributed by atoms with van der Waals surface area (Å²) in [5.74, 6) is -0.790. The molecular formula is C14H30N2O3. The summed E-state index contributed by atoms with van der Waals surface area (Å²) in [5, 5.41) is 12.4. The van der Waals surface area contributed by atoms with Crippen molar-refractivity contribution in [1.82, 2.24) is 10.2 Å². The Balaban J connectivity index is 4.67. The maximum Gasteiger partial charge on any atom is 0.322 e. The highest BCUT2D eigenvalue weighted by molar-refractivity contribution is 5.73. The van der Waals surface area contributed by atoms with Crippen molar-refractivity contribution in [3.63, 3.8) is 0 Å². The summed E-state index contributed by atoms with van der Waals surface area (Å²) >= 11 is 0. The van der Waals surface area contributed by atoms with Crippen LogP contribution in [-0.4, -0.2) is 60.9 Å². The Morgan fingerprint density at radius 1 is 1.32 bits per heavy atom. The van der Waals surface area contributed by atoms with Crippen LogP contribution in [-0.2, 0) is 9.53 Å². The Kier molecular flexibility index (Phi) is 9.83. The largest absolute Gasteiger partial charge is 0.480 e. The lowest BCUT2D eigenvalue weighted by Crippen LogP contribution is -2.51. The fourth-order valence-electron chi connectivity index (χ4n) is 2.28. The Bertz CT molecular complexity index is 243. The van der Waals surface area contributed by atoms with Crippen molar-refractivity contribution in [2.75, 3.05) is 26.8 Å². The van der Waals surface area contributed by atoms with Crippen molar-refractivity contribution >= 4 is 5.97 Å². The fourth-order valence-corrected chi connectivity index (χ4v) is 2.28. The summed E-state index contributed by atoms with van der Waals surface area (Å²) < 4.78 is 5.13. The van der Waals surface area contributed by atoms with Gasteiger partial charge in [-0.2, -0.15) is 0 Å². The van der Waals surface area contributed by atoms with Crippen molar-refractivity contribution in [2.45, 2.75) is 58.7 Å². The van der Waals surface area contributed by atoms with Gasteiger partial charge in [0.15, 0.2) is 0 Å². The predicted molar refractivity (Wildman–Crippen MR) is 77.5 cm³/mol. The monoisotopic (exact) mass is 274 g/mol. The van der Waals surface area contributed by atoms with E-state index in [1.807, 2.05) is 13.8 Å². The van der Waals surface area contributed by atoms with Gasteiger partial charge in [0.1, 0.15) is 6.04 Å². The molecule has 0 aliphatic rings. The molecule has 0 aromatic rings. The molecule has 0 spiro atoms. The van der Waals surface area contributed by atoms with Gasteiger partial charge in [0.2, 0.25) is 0 Å². The first-order valence-corrected chi connectivity index (χ1v) is 7.17. The second-order valence-corrected chi connectivity index (χ2v) is 5.17. The highest BCUT2D eigenvalue weighted by Gasteiger charge is 2.24. The van der Waals surface area contributed by atoms with Crippen LogP contribution in [0.3, 0.4) is 0 Å². The standard InChI is InChI=1S/C14H30N2O3/c1-6-12(7-2)16(8-9-19-5)10-13(14(17)18)15-11(3)4/h11-13,15H,6-10H2,1-5H3,(H,17,18). The van der Waals surface area contributed by atoms with Crippen LogP contribution < -0.4 is 5.32 Å². The number of methoxy groups -OCH3 is 1. The molecule has 2 N–H and O–H groups in total. The molecule has 0 rings (SSSR count). The van der Waals surface area contributed by atoms with Gasteiger partial charge in [-0.3, -0.25) is 9.69 Å². The summed E-state index contributed by atoms with van der Waals surface area (Å²) in [4.78, 5) is 13.5. The van der Waals surface area contributed by atoms with E-state index < -0.39 is 12.0 Å². The molecule has 1 unspecified atom stereocenters. The number of rotatable bonds is 11. The zero-order valence-electron chi connectivity index (χ0n) is 13.0. The predicted octanol–water partition coefficient (Wildman–Crippen LogP) is 1.57. The first kappa shape index (κ1) is 18.4. The molecule has 5 heteroatoms. The number of hydrogen-bond donors (Lipinski definition) is 2. The van der Waals surface area contributed by atoms with Crippen LogP contribution in [0.15, 0.2) is 0 Å². The summed E-state index contributed by atoms with van der Waals surface area (Å²) in [6.45, 7) is 10.1. The molecule has 114 valence electrons. The number of carbonyl (C=O) groups is 1. The van der Waals surface area contributed by atoms with Crippen molar-refractivity contribution in [2.24, 2.45) is 0 Å². The lowest BCUT2D eigenvalue weighted by molar-refractivity contribution is -0.140. The maximum atomic E-state index is 11.3. The van der Waals surface area contributed by atoms with Gasteiger partial charge >= 0.3 is 5.97 Å². The average Bonchev–Trinajstić information content (AvgIpc) is 2.35. The molecule has 0 aliphatic carbocycles. The molecule has 0 fully saturated rings. The highest BCUT2D eigenvalue weighted by atomic mass is 16.5. The number of nitrogens with one attached hydrogen (secondary N) is 1. The Labute approximate surface area is 117 Å². The number of carboxylic acids is 1. The molecule has 0 aliphatic heterocycles. The normalized spacial score (nSPS) is 13.5. The van der Waals surface area contributed by atoms with E-state index in [0.717, 1.165) is 19.4 Å². The fraction of sp³-hybridized carbons (Fsp3) is 0.929. The molecular weight excluding hydrogens is 244 g/mol. The van der Waals surface area contributed by atoms with E-state index in [-0.39, 0.29) is 6.04 Å². The minimum absolute atomic E-state index is 0.159. The van der Waals surface area contributed by atoms with Crippen LogP contribution in [0, 0.1) is 0 Å². The van der Waals surface area contributed by atoms with Crippen molar-refractivity contribution in [3.05, 3.63) is 0 Å². The van der Waals surface area contributed by atoms with Gasteiger partial charge in [-0.15, -0.1) is 0 Å². The third-order valence-electron chi connectivity index (χ3n) is 3.29. The minimum Gasteiger partial charge on any atom is -0.480 e. The third kappa shape index (κ3) is 7.50. The first-order chi connectivity index (χ1) is 8.96. The Morgan fingerprint density at radius 3 is 2.26 bits per heavy atom. The van der Waals surface area contributed by atoms with Crippen molar-refractivity contribution in [1.29, 1.82) is 0 Å². The van der Waals surface area contributed by atoms with Crippen LogP contribution in [0.5, 0.6) is 0 Å². The number of carboxylic acid groups (broad SMARTS) is 1. The molecule has 0 aromatic heterocycles. The second kappa shape index (κ2) is 10.2. The van der Waals surface area contributed by atoms with Gasteiger partial charge in [-0.05, 0) is 12.8 Å². The zero-order chi connectivity index (χ0) is 14.8. The third-order valence-corrected chi connectivity index (χ3v) is 3.29. The van der Waals surface area contributed by atoms with E-state index in [4.69, 9.17) is 4.74 Å². The summed E-state index contributed by atoms with van der Waals surface area (Å²) in [6.07, 6.45) is 2.04. The molecule has 0 heterocycles. The van der Waals surface area contributed by atoms with Crippen molar-refractivity contribution in [3.8, 4) is 0 Å². The van der Waals surface area contributed by atoms with E-state index in [9.17, 15) is 9.90 Å². The summed E-state index contributed by atoms with van der Waals surface area (Å²) in [7, 11) is 1.67. The molecule has 1 atom stereocenters. The molecule has 0 amide bonds. The molecule has 0 saturated heterocycles. The highest BCUT2D eigenvalue weighted by Crippen LogP contribution is 2.09. The lowest BCUT2D eigenvalue weighted by Gasteiger charge is -2.33. The molecule has 19 heavy (non-hydrogen) atoms. The summed E-state index contributed by atoms with van der Waals surface area (Å²) in [6, 6.07) is 0.0375. The second-order valence-electron chi connectivity index (χ2n) is 5.17. The van der Waals surface area contributed by atoms with E-state index in [1.165, 1.54) is 0 Å². The van der Waals surface area contributed by atoms with Gasteiger partial charge in [0.25, 0.3) is 0 Å². The van der Waals surface area contributed by atoms with Gasteiger partial charge in [0, 0.05) is 32.3 Å². The number of hydrogen-bond acceptors (Lipinski definition) is 4. The van der Waals surface area contributed by atoms with Crippen LogP contribution in [0.2, 0.25) is 0 Å². The van der Waals surface area contributed by atoms with Crippen LogP contribution in [0.25, 0.3) is 0 Å². The van der Waals surface area contributed by atoms with Gasteiger partial charge in [-0.25, -0.2) is 0 Å². The Morgan fingerprint density at radius 2 is 1.89 bits per heavy atom. The Hall–Kier alpha value is -0.650. The van der Waals surface area contributed by atoms with Crippen LogP contribution in [0.4, 0.5) is 0 Å². The maximum absolute atomic E-state index is 11.3. The van der Waals surface area contributed by atoms with E-state index in [1.54, 1.807) is 7.11 Å². The average molecular weight is 274 g/mol. The topological polar surface area (TPSA) is 61.8 Å². The summed E-state index contributed by atoms with van der Waals surface area (Å²) in [5.41, 5.74) is 0. The minimum atomic E-state index is -0.790. The quantitative estimate of drug-likeness (QED) is 0.599. The zero-order valence-corrected chi connectivity index (χ0v) is 13.0. The number of aliphatic carboxylic acids is 1. The van der Waals surface area contributed by atoms with Crippen molar-refractivity contribution < 1.29 is 14.6 Å². The van der Waals surface area contributed by atoms with Gasteiger partial charge in [-0.1, -0.05) is 27.7 Å². The van der Waals surface area contributed by atoms with Gasteiger partial charge in [0.05, 0.1) is 6.61 Å². The SMILES string of the molecule is CCC(CC)N(CCOC)CC(NC(C)C)C(=O)O. The van der Waals surface area contributed by atoms with E-state index in [0.29, 0.717) is 19.2 Å².